The first-order chi connectivity index (χ1) is 10.6. The van der Waals surface area contributed by atoms with Crippen molar-refractivity contribution in [3.8, 4) is 0 Å². The number of hydrogen-bond donors (Lipinski definition) is 1. The zero-order valence-electron chi connectivity index (χ0n) is 12.0. The molecule has 2 saturated heterocycles. The number of aliphatic hydroxyl groups is 1. The average Bonchev–Trinajstić information content (AvgIpc) is 2.80. The largest absolute Gasteiger partial charge is 0.395 e. The lowest BCUT2D eigenvalue weighted by Crippen LogP contribution is -2.54. The van der Waals surface area contributed by atoms with Crippen LogP contribution in [0.25, 0.3) is 0 Å². The van der Waals surface area contributed by atoms with Crippen molar-refractivity contribution in [2.24, 2.45) is 0 Å². The standard InChI is InChI=1S/C15H17N3O4/c19-9-8-18-14(21)12-10-16(6-7-17(12)15(18)22)13(20)11-4-2-1-3-5-11/h1-5,12,19H,6-10H2/t12-/m1/s1. The van der Waals surface area contributed by atoms with Crippen molar-refractivity contribution in [1.29, 1.82) is 0 Å². The van der Waals surface area contributed by atoms with E-state index in [1.807, 2.05) is 6.07 Å². The Labute approximate surface area is 127 Å². The summed E-state index contributed by atoms with van der Waals surface area (Å²) in [6.07, 6.45) is 0. The van der Waals surface area contributed by atoms with Gasteiger partial charge in [-0.25, -0.2) is 4.79 Å². The number of carbonyl (C=O) groups is 3. The van der Waals surface area contributed by atoms with Crippen LogP contribution in [0, 0.1) is 0 Å². The van der Waals surface area contributed by atoms with E-state index in [0.29, 0.717) is 18.7 Å². The Hall–Kier alpha value is -2.41. The first-order valence-electron chi connectivity index (χ1n) is 7.20. The second-order valence-electron chi connectivity index (χ2n) is 5.32. The van der Waals surface area contributed by atoms with E-state index in [1.165, 1.54) is 4.90 Å². The Morgan fingerprint density at radius 3 is 2.59 bits per heavy atom. The lowest BCUT2D eigenvalue weighted by Gasteiger charge is -2.35. The highest BCUT2D eigenvalue weighted by Gasteiger charge is 2.47. The van der Waals surface area contributed by atoms with Crippen LogP contribution in [0.3, 0.4) is 0 Å². The van der Waals surface area contributed by atoms with Crippen LogP contribution in [-0.4, -0.2) is 76.5 Å². The molecule has 1 aromatic rings. The van der Waals surface area contributed by atoms with Crippen LogP contribution in [0.15, 0.2) is 30.3 Å². The molecule has 116 valence electrons. The van der Waals surface area contributed by atoms with Gasteiger partial charge in [-0.1, -0.05) is 18.2 Å². The lowest BCUT2D eigenvalue weighted by atomic mass is 10.1. The van der Waals surface area contributed by atoms with Crippen LogP contribution in [0.1, 0.15) is 10.4 Å². The molecule has 2 fully saturated rings. The van der Waals surface area contributed by atoms with Crippen molar-refractivity contribution in [3.05, 3.63) is 35.9 Å². The highest BCUT2D eigenvalue weighted by molar-refractivity contribution is 6.05. The third-order valence-electron chi connectivity index (χ3n) is 4.04. The number of imide groups is 1. The lowest BCUT2D eigenvalue weighted by molar-refractivity contribution is -0.129. The molecule has 7 heteroatoms. The van der Waals surface area contributed by atoms with Crippen molar-refractivity contribution in [2.45, 2.75) is 6.04 Å². The number of fused-ring (bicyclic) bond motifs is 1. The summed E-state index contributed by atoms with van der Waals surface area (Å²) in [7, 11) is 0. The van der Waals surface area contributed by atoms with E-state index in [0.717, 1.165) is 4.90 Å². The average molecular weight is 303 g/mol. The summed E-state index contributed by atoms with van der Waals surface area (Å²) in [4.78, 5) is 40.9. The zero-order valence-corrected chi connectivity index (χ0v) is 12.0. The maximum absolute atomic E-state index is 12.4. The van der Waals surface area contributed by atoms with E-state index >= 15 is 0 Å². The number of rotatable bonds is 3. The van der Waals surface area contributed by atoms with E-state index in [2.05, 4.69) is 0 Å². The molecule has 1 atom stereocenters. The number of carbonyl (C=O) groups excluding carboxylic acids is 3. The third-order valence-corrected chi connectivity index (χ3v) is 4.04. The first-order valence-corrected chi connectivity index (χ1v) is 7.20. The van der Waals surface area contributed by atoms with Gasteiger partial charge >= 0.3 is 6.03 Å². The highest BCUT2D eigenvalue weighted by Crippen LogP contribution is 2.22. The fraction of sp³-hybridized carbons (Fsp3) is 0.400. The Bertz CT molecular complexity index is 604. The molecule has 0 radical (unpaired) electrons. The van der Waals surface area contributed by atoms with Gasteiger partial charge in [-0.05, 0) is 12.1 Å². The smallest absolute Gasteiger partial charge is 0.327 e. The number of nitrogens with zero attached hydrogens (tertiary/aromatic N) is 3. The van der Waals surface area contributed by atoms with Crippen LogP contribution in [-0.2, 0) is 4.79 Å². The Morgan fingerprint density at radius 1 is 1.18 bits per heavy atom. The molecule has 0 aromatic heterocycles. The van der Waals surface area contributed by atoms with Crippen LogP contribution in [0.4, 0.5) is 4.79 Å². The van der Waals surface area contributed by atoms with Crippen molar-refractivity contribution in [2.75, 3.05) is 32.8 Å². The first kappa shape index (κ1) is 14.5. The van der Waals surface area contributed by atoms with E-state index in [1.54, 1.807) is 29.2 Å². The molecule has 22 heavy (non-hydrogen) atoms. The van der Waals surface area contributed by atoms with Crippen LogP contribution >= 0.6 is 0 Å². The van der Waals surface area contributed by atoms with Gasteiger partial charge in [0.2, 0.25) is 0 Å². The Balaban J connectivity index is 1.75. The minimum absolute atomic E-state index is 0.00268. The van der Waals surface area contributed by atoms with Gasteiger partial charge in [0.05, 0.1) is 19.7 Å². The van der Waals surface area contributed by atoms with Crippen molar-refractivity contribution < 1.29 is 19.5 Å². The number of β-amino-alcohol motifs (C(OH)–C–C–N with tert-alkyl or cyclic N) is 1. The molecule has 0 spiro atoms. The maximum Gasteiger partial charge on any atom is 0.327 e. The molecular formula is C15H17N3O4. The predicted octanol–water partition coefficient (Wildman–Crippen LogP) is -0.232. The number of benzene rings is 1. The number of urea groups is 1. The van der Waals surface area contributed by atoms with Crippen LogP contribution in [0.5, 0.6) is 0 Å². The molecule has 0 aliphatic carbocycles. The number of hydrogen-bond acceptors (Lipinski definition) is 4. The van der Waals surface area contributed by atoms with Crippen LogP contribution < -0.4 is 0 Å². The SMILES string of the molecule is O=C(c1ccccc1)N1CCN2C(=O)N(CCO)C(=O)[C@H]2C1. The fourth-order valence-electron chi connectivity index (χ4n) is 2.91. The van der Waals surface area contributed by atoms with E-state index < -0.39 is 6.04 Å². The van der Waals surface area contributed by atoms with Gasteiger partial charge in [-0.3, -0.25) is 14.5 Å². The minimum Gasteiger partial charge on any atom is -0.395 e. The van der Waals surface area contributed by atoms with E-state index in [9.17, 15) is 14.4 Å². The van der Waals surface area contributed by atoms with Gasteiger partial charge in [0.25, 0.3) is 11.8 Å². The van der Waals surface area contributed by atoms with Gasteiger partial charge < -0.3 is 14.9 Å². The van der Waals surface area contributed by atoms with E-state index in [4.69, 9.17) is 5.11 Å². The summed E-state index contributed by atoms with van der Waals surface area (Å²) in [6, 6.07) is 7.85. The molecule has 4 amide bonds. The molecule has 0 unspecified atom stereocenters. The second-order valence-corrected chi connectivity index (χ2v) is 5.32. The topological polar surface area (TPSA) is 81.2 Å². The summed E-state index contributed by atoms with van der Waals surface area (Å²) in [5.41, 5.74) is 0.569. The third kappa shape index (κ3) is 2.33. The quantitative estimate of drug-likeness (QED) is 0.782. The number of amides is 4. The molecule has 1 aromatic carbocycles. The molecule has 2 heterocycles. The summed E-state index contributed by atoms with van der Waals surface area (Å²) in [5.74, 6) is -0.481. The molecule has 2 aliphatic heterocycles. The molecule has 0 saturated carbocycles. The summed E-state index contributed by atoms with van der Waals surface area (Å²) in [6.45, 7) is 0.661. The molecule has 2 aliphatic rings. The molecule has 0 bridgehead atoms. The number of piperazine rings is 1. The summed E-state index contributed by atoms with van der Waals surface area (Å²) < 4.78 is 0. The number of aliphatic hydroxyl groups excluding tert-OH is 1. The van der Waals surface area contributed by atoms with Crippen LogP contribution in [0.2, 0.25) is 0 Å². The van der Waals surface area contributed by atoms with Crippen molar-refractivity contribution >= 4 is 17.8 Å². The minimum atomic E-state index is -0.638. The Kier molecular flexibility index (Phi) is 3.81. The fourth-order valence-corrected chi connectivity index (χ4v) is 2.91. The van der Waals surface area contributed by atoms with Gasteiger partial charge in [0, 0.05) is 18.7 Å². The van der Waals surface area contributed by atoms with Gasteiger partial charge in [-0.15, -0.1) is 0 Å². The molecular weight excluding hydrogens is 286 g/mol. The van der Waals surface area contributed by atoms with Gasteiger partial charge in [0.1, 0.15) is 6.04 Å². The van der Waals surface area contributed by atoms with E-state index in [-0.39, 0.29) is 37.5 Å². The van der Waals surface area contributed by atoms with Crippen molar-refractivity contribution in [1.82, 2.24) is 14.7 Å². The monoisotopic (exact) mass is 303 g/mol. The Morgan fingerprint density at radius 2 is 1.91 bits per heavy atom. The predicted molar refractivity (Wildman–Crippen MR) is 77.0 cm³/mol. The highest BCUT2D eigenvalue weighted by atomic mass is 16.3. The molecule has 3 rings (SSSR count). The van der Waals surface area contributed by atoms with Gasteiger partial charge in [0.15, 0.2) is 0 Å². The maximum atomic E-state index is 12.4. The molecule has 7 nitrogen and oxygen atoms in total. The second kappa shape index (κ2) is 5.76. The molecule has 1 N–H and O–H groups in total. The zero-order chi connectivity index (χ0) is 15.7. The summed E-state index contributed by atoms with van der Waals surface area (Å²) in [5, 5.41) is 8.96. The normalized spacial score (nSPS) is 21.3. The van der Waals surface area contributed by atoms with Crippen molar-refractivity contribution in [3.63, 3.8) is 0 Å². The summed E-state index contributed by atoms with van der Waals surface area (Å²) >= 11 is 0. The van der Waals surface area contributed by atoms with Gasteiger partial charge in [-0.2, -0.15) is 0 Å².